The van der Waals surface area contributed by atoms with Gasteiger partial charge in [0.15, 0.2) is 5.16 Å². The number of ether oxygens (including phenoxy) is 1. The zero-order valence-electron chi connectivity index (χ0n) is 11.7. The average molecular weight is 297 g/mol. The number of carboxylic acids is 1. The van der Waals surface area contributed by atoms with Gasteiger partial charge in [0.2, 0.25) is 5.88 Å². The zero-order chi connectivity index (χ0) is 14.5. The van der Waals surface area contributed by atoms with Crippen molar-refractivity contribution in [2.45, 2.75) is 37.4 Å². The maximum atomic E-state index is 11.4. The quantitative estimate of drug-likeness (QED) is 0.658. The van der Waals surface area contributed by atoms with E-state index in [1.807, 2.05) is 18.1 Å². The van der Waals surface area contributed by atoms with E-state index in [4.69, 9.17) is 4.74 Å². The van der Waals surface area contributed by atoms with Crippen LogP contribution in [0.1, 0.15) is 26.2 Å². The van der Waals surface area contributed by atoms with Gasteiger partial charge in [0.1, 0.15) is 11.9 Å². The van der Waals surface area contributed by atoms with Gasteiger partial charge in [-0.1, -0.05) is 11.8 Å². The molecule has 1 aliphatic rings. The van der Waals surface area contributed by atoms with E-state index in [0.717, 1.165) is 12.8 Å². The number of carbonyl (C=O) groups is 1. The van der Waals surface area contributed by atoms with Crippen molar-refractivity contribution in [1.29, 1.82) is 0 Å². The van der Waals surface area contributed by atoms with Crippen LogP contribution in [0.2, 0.25) is 0 Å². The van der Waals surface area contributed by atoms with Gasteiger partial charge in [-0.25, -0.2) is 9.78 Å². The molecule has 0 spiro atoms. The van der Waals surface area contributed by atoms with Crippen molar-refractivity contribution in [2.24, 2.45) is 0 Å². The predicted molar refractivity (Wildman–Crippen MR) is 77.6 cm³/mol. The molecule has 0 radical (unpaired) electrons. The van der Waals surface area contributed by atoms with Crippen molar-refractivity contribution in [2.75, 3.05) is 24.3 Å². The third kappa shape index (κ3) is 3.33. The van der Waals surface area contributed by atoms with Crippen LogP contribution in [0.15, 0.2) is 11.2 Å². The molecule has 1 N–H and O–H groups in total. The molecule has 0 aromatic carbocycles. The van der Waals surface area contributed by atoms with Gasteiger partial charge in [0, 0.05) is 12.6 Å². The van der Waals surface area contributed by atoms with Crippen LogP contribution in [0.4, 0.5) is 5.82 Å². The Balaban J connectivity index is 2.33. The molecule has 2 rings (SSSR count). The second-order valence-electron chi connectivity index (χ2n) is 4.53. The Bertz CT molecular complexity index is 484. The number of aromatic nitrogens is 2. The Morgan fingerprint density at radius 2 is 2.35 bits per heavy atom. The van der Waals surface area contributed by atoms with Crippen LogP contribution in [0.25, 0.3) is 0 Å². The summed E-state index contributed by atoms with van der Waals surface area (Å²) in [7, 11) is 0. The lowest BCUT2D eigenvalue weighted by atomic mass is 10.0. The highest BCUT2D eigenvalue weighted by Crippen LogP contribution is 2.27. The molecule has 1 atom stereocenters. The van der Waals surface area contributed by atoms with Gasteiger partial charge in [0.25, 0.3) is 0 Å². The SMILES string of the molecule is CCOc1cc(N2CCCC[C@H]2C(=O)O)nc(SC)n1. The Kier molecular flexibility index (Phi) is 5.05. The van der Waals surface area contributed by atoms with Crippen LogP contribution in [-0.4, -0.2) is 46.5 Å². The van der Waals surface area contributed by atoms with Gasteiger partial charge in [-0.2, -0.15) is 4.98 Å². The minimum atomic E-state index is -0.799. The van der Waals surface area contributed by atoms with Gasteiger partial charge >= 0.3 is 5.97 Å². The van der Waals surface area contributed by atoms with E-state index in [9.17, 15) is 9.90 Å². The van der Waals surface area contributed by atoms with Gasteiger partial charge < -0.3 is 14.7 Å². The van der Waals surface area contributed by atoms with Gasteiger partial charge in [-0.05, 0) is 32.4 Å². The van der Waals surface area contributed by atoms with Gasteiger partial charge in [0.05, 0.1) is 6.61 Å². The highest BCUT2D eigenvalue weighted by atomic mass is 32.2. The van der Waals surface area contributed by atoms with Crippen LogP contribution < -0.4 is 9.64 Å². The highest BCUT2D eigenvalue weighted by Gasteiger charge is 2.30. The Hall–Kier alpha value is -1.50. The largest absolute Gasteiger partial charge is 0.480 e. The maximum Gasteiger partial charge on any atom is 0.326 e. The van der Waals surface area contributed by atoms with Gasteiger partial charge in [-0.15, -0.1) is 0 Å². The van der Waals surface area contributed by atoms with E-state index in [1.165, 1.54) is 11.8 Å². The van der Waals surface area contributed by atoms with E-state index in [1.54, 1.807) is 6.07 Å². The molecule has 0 unspecified atom stereocenters. The zero-order valence-corrected chi connectivity index (χ0v) is 12.5. The molecule has 0 aliphatic carbocycles. The summed E-state index contributed by atoms with van der Waals surface area (Å²) in [6.07, 6.45) is 4.45. The minimum Gasteiger partial charge on any atom is -0.480 e. The smallest absolute Gasteiger partial charge is 0.326 e. The lowest BCUT2D eigenvalue weighted by Crippen LogP contribution is -2.45. The Morgan fingerprint density at radius 1 is 1.55 bits per heavy atom. The molecule has 2 heterocycles. The summed E-state index contributed by atoms with van der Waals surface area (Å²) < 4.78 is 5.44. The van der Waals surface area contributed by atoms with E-state index in [0.29, 0.717) is 36.4 Å². The van der Waals surface area contributed by atoms with Crippen molar-refractivity contribution >= 4 is 23.5 Å². The average Bonchev–Trinajstić information content (AvgIpc) is 2.47. The Labute approximate surface area is 122 Å². The summed E-state index contributed by atoms with van der Waals surface area (Å²) in [5, 5.41) is 9.95. The second-order valence-corrected chi connectivity index (χ2v) is 5.30. The molecule has 0 amide bonds. The number of rotatable bonds is 5. The molecule has 20 heavy (non-hydrogen) atoms. The number of anilines is 1. The lowest BCUT2D eigenvalue weighted by molar-refractivity contribution is -0.139. The van der Waals surface area contributed by atoms with Gasteiger partial charge in [-0.3, -0.25) is 0 Å². The topological polar surface area (TPSA) is 75.5 Å². The van der Waals surface area contributed by atoms with Crippen molar-refractivity contribution in [3.63, 3.8) is 0 Å². The van der Waals surface area contributed by atoms with E-state index in [-0.39, 0.29) is 0 Å². The molecule has 1 saturated heterocycles. The van der Waals surface area contributed by atoms with Crippen LogP contribution in [-0.2, 0) is 4.79 Å². The summed E-state index contributed by atoms with van der Waals surface area (Å²) in [6.45, 7) is 3.11. The van der Waals surface area contributed by atoms with E-state index in [2.05, 4.69) is 9.97 Å². The standard InChI is InChI=1S/C13H19N3O3S/c1-3-19-11-8-10(14-13(15-11)20-2)16-7-5-4-6-9(16)12(17)18/h8-9H,3-7H2,1-2H3,(H,17,18)/t9-/m0/s1. The highest BCUT2D eigenvalue weighted by molar-refractivity contribution is 7.98. The Morgan fingerprint density at radius 3 is 3.00 bits per heavy atom. The fraction of sp³-hybridized carbons (Fsp3) is 0.615. The number of thioether (sulfide) groups is 1. The number of carboxylic acid groups (broad SMARTS) is 1. The second kappa shape index (κ2) is 6.78. The molecule has 7 heteroatoms. The van der Waals surface area contributed by atoms with Crippen LogP contribution in [0.5, 0.6) is 5.88 Å². The summed E-state index contributed by atoms with van der Waals surface area (Å²) in [6, 6.07) is 1.22. The molecule has 1 fully saturated rings. The van der Waals surface area contributed by atoms with E-state index < -0.39 is 12.0 Å². The normalized spacial score (nSPS) is 18.9. The number of piperidine rings is 1. The monoisotopic (exact) mass is 297 g/mol. The summed E-state index contributed by atoms with van der Waals surface area (Å²) in [5.41, 5.74) is 0. The van der Waals surface area contributed by atoms with Crippen molar-refractivity contribution in [3.8, 4) is 5.88 Å². The first kappa shape index (κ1) is 14.9. The first-order chi connectivity index (χ1) is 9.65. The van der Waals surface area contributed by atoms with Crippen LogP contribution >= 0.6 is 11.8 Å². The molecule has 6 nitrogen and oxygen atoms in total. The third-order valence-electron chi connectivity index (χ3n) is 3.23. The predicted octanol–water partition coefficient (Wildman–Crippen LogP) is 2.04. The molecule has 1 aromatic heterocycles. The van der Waals surface area contributed by atoms with Crippen molar-refractivity contribution in [1.82, 2.24) is 9.97 Å². The summed E-state index contributed by atoms with van der Waals surface area (Å²) in [4.78, 5) is 21.9. The number of hydrogen-bond acceptors (Lipinski definition) is 6. The molecule has 1 aromatic rings. The number of aliphatic carboxylic acids is 1. The van der Waals surface area contributed by atoms with Crippen molar-refractivity contribution in [3.05, 3.63) is 6.07 Å². The maximum absolute atomic E-state index is 11.4. The van der Waals surface area contributed by atoms with E-state index >= 15 is 0 Å². The van der Waals surface area contributed by atoms with Crippen LogP contribution in [0.3, 0.4) is 0 Å². The molecular formula is C13H19N3O3S. The molecule has 110 valence electrons. The first-order valence-corrected chi connectivity index (χ1v) is 7.93. The summed E-state index contributed by atoms with van der Waals surface area (Å²) in [5.74, 6) is 0.337. The first-order valence-electron chi connectivity index (χ1n) is 6.71. The van der Waals surface area contributed by atoms with Crippen molar-refractivity contribution < 1.29 is 14.6 Å². The molecule has 0 saturated carbocycles. The fourth-order valence-corrected chi connectivity index (χ4v) is 2.68. The minimum absolute atomic E-state index is 0.497. The number of nitrogens with zero attached hydrogens (tertiary/aromatic N) is 3. The summed E-state index contributed by atoms with van der Waals surface area (Å²) >= 11 is 1.42. The van der Waals surface area contributed by atoms with Crippen LogP contribution in [0, 0.1) is 0 Å². The fourth-order valence-electron chi connectivity index (χ4n) is 2.32. The molecular weight excluding hydrogens is 278 g/mol. The molecule has 0 bridgehead atoms. The lowest BCUT2D eigenvalue weighted by Gasteiger charge is -2.34. The third-order valence-corrected chi connectivity index (χ3v) is 3.77. The molecule has 1 aliphatic heterocycles. The number of hydrogen-bond donors (Lipinski definition) is 1.